The van der Waals surface area contributed by atoms with Gasteiger partial charge >= 0.3 is 6.61 Å². The average molecular weight is 298 g/mol. The number of halogens is 2. The van der Waals surface area contributed by atoms with Gasteiger partial charge in [0.15, 0.2) is 0 Å². The highest BCUT2D eigenvalue weighted by Crippen LogP contribution is 2.20. The molecule has 0 saturated carbocycles. The van der Waals surface area contributed by atoms with Crippen LogP contribution in [0.4, 0.5) is 8.78 Å². The minimum absolute atomic E-state index is 0.0474. The SMILES string of the molecule is O=C(Cc1ccccc1OC(F)F)NCCC1CCNC1. The molecule has 2 N–H and O–H groups in total. The molecule has 1 aromatic carbocycles. The summed E-state index contributed by atoms with van der Waals surface area (Å²) < 4.78 is 29.0. The van der Waals surface area contributed by atoms with Crippen molar-refractivity contribution in [3.05, 3.63) is 29.8 Å². The van der Waals surface area contributed by atoms with Gasteiger partial charge in [-0.25, -0.2) is 0 Å². The van der Waals surface area contributed by atoms with Gasteiger partial charge in [-0.05, 0) is 37.9 Å². The number of benzene rings is 1. The minimum atomic E-state index is -2.89. The first-order valence-corrected chi connectivity index (χ1v) is 7.15. The molecule has 0 aromatic heterocycles. The van der Waals surface area contributed by atoms with Gasteiger partial charge in [0.1, 0.15) is 5.75 Å². The minimum Gasteiger partial charge on any atom is -0.435 e. The summed E-state index contributed by atoms with van der Waals surface area (Å²) in [6.07, 6.45) is 2.13. The van der Waals surface area contributed by atoms with Crippen molar-refractivity contribution in [3.8, 4) is 5.75 Å². The van der Waals surface area contributed by atoms with Gasteiger partial charge in [-0.15, -0.1) is 0 Å². The molecule has 2 rings (SSSR count). The van der Waals surface area contributed by atoms with Gasteiger partial charge in [-0.1, -0.05) is 18.2 Å². The van der Waals surface area contributed by atoms with Crippen molar-refractivity contribution < 1.29 is 18.3 Å². The third-order valence-corrected chi connectivity index (χ3v) is 3.58. The van der Waals surface area contributed by atoms with E-state index in [-0.39, 0.29) is 18.1 Å². The number of hydrogen-bond donors (Lipinski definition) is 2. The van der Waals surface area contributed by atoms with E-state index >= 15 is 0 Å². The van der Waals surface area contributed by atoms with E-state index in [9.17, 15) is 13.6 Å². The highest BCUT2D eigenvalue weighted by atomic mass is 19.3. The predicted octanol–water partition coefficient (Wildman–Crippen LogP) is 1.95. The molecule has 4 nitrogen and oxygen atoms in total. The van der Waals surface area contributed by atoms with Gasteiger partial charge in [0.05, 0.1) is 6.42 Å². The Kier molecular flexibility index (Phi) is 5.92. The molecule has 1 aliphatic rings. The van der Waals surface area contributed by atoms with E-state index in [0.717, 1.165) is 25.9 Å². The molecule has 0 radical (unpaired) electrons. The summed E-state index contributed by atoms with van der Waals surface area (Å²) in [5.74, 6) is 0.494. The molecule has 1 amide bonds. The second-order valence-electron chi connectivity index (χ2n) is 5.16. The zero-order valence-corrected chi connectivity index (χ0v) is 11.8. The lowest BCUT2D eigenvalue weighted by atomic mass is 10.1. The van der Waals surface area contributed by atoms with Gasteiger partial charge in [-0.3, -0.25) is 4.79 Å². The summed E-state index contributed by atoms with van der Waals surface area (Å²) >= 11 is 0. The summed E-state index contributed by atoms with van der Waals surface area (Å²) in [6, 6.07) is 6.37. The van der Waals surface area contributed by atoms with Gasteiger partial charge in [0, 0.05) is 12.1 Å². The number of hydrogen-bond acceptors (Lipinski definition) is 3. The molecular weight excluding hydrogens is 278 g/mol. The molecule has 0 spiro atoms. The van der Waals surface area contributed by atoms with Crippen LogP contribution < -0.4 is 15.4 Å². The summed E-state index contributed by atoms with van der Waals surface area (Å²) in [4.78, 5) is 11.9. The lowest BCUT2D eigenvalue weighted by molar-refractivity contribution is -0.120. The van der Waals surface area contributed by atoms with Crippen LogP contribution in [-0.4, -0.2) is 32.2 Å². The van der Waals surface area contributed by atoms with Crippen molar-refractivity contribution in [3.63, 3.8) is 0 Å². The molecule has 21 heavy (non-hydrogen) atoms. The Morgan fingerprint density at radius 2 is 2.24 bits per heavy atom. The maximum Gasteiger partial charge on any atom is 0.387 e. The lowest BCUT2D eigenvalue weighted by Crippen LogP contribution is -2.28. The standard InChI is InChI=1S/C15H20F2N2O2/c16-15(17)21-13-4-2-1-3-12(13)9-14(20)19-8-6-11-5-7-18-10-11/h1-4,11,15,18H,5-10H2,(H,19,20). The first-order valence-electron chi connectivity index (χ1n) is 7.15. The number of para-hydroxylation sites is 1. The third-order valence-electron chi connectivity index (χ3n) is 3.58. The Morgan fingerprint density at radius 3 is 2.95 bits per heavy atom. The molecule has 116 valence electrons. The Bertz CT molecular complexity index is 463. The van der Waals surface area contributed by atoms with Crippen LogP contribution in [0, 0.1) is 5.92 Å². The van der Waals surface area contributed by atoms with Gasteiger partial charge in [0.2, 0.25) is 5.91 Å². The Hall–Kier alpha value is -1.69. The Morgan fingerprint density at radius 1 is 1.43 bits per heavy atom. The quantitative estimate of drug-likeness (QED) is 0.809. The zero-order chi connectivity index (χ0) is 15.1. The van der Waals surface area contributed by atoms with Gasteiger partial charge in [0.25, 0.3) is 0 Å². The highest BCUT2D eigenvalue weighted by Gasteiger charge is 2.15. The average Bonchev–Trinajstić information content (AvgIpc) is 2.93. The molecule has 1 saturated heterocycles. The molecule has 1 aliphatic heterocycles. The van der Waals surface area contributed by atoms with E-state index < -0.39 is 6.61 Å². The van der Waals surface area contributed by atoms with Crippen LogP contribution in [0.15, 0.2) is 24.3 Å². The fraction of sp³-hybridized carbons (Fsp3) is 0.533. The smallest absolute Gasteiger partial charge is 0.387 e. The number of rotatable bonds is 7. The lowest BCUT2D eigenvalue weighted by Gasteiger charge is -2.12. The van der Waals surface area contributed by atoms with Crippen LogP contribution in [0.5, 0.6) is 5.75 Å². The second kappa shape index (κ2) is 7.93. The number of carbonyl (C=O) groups excluding carboxylic acids is 1. The second-order valence-corrected chi connectivity index (χ2v) is 5.16. The zero-order valence-electron chi connectivity index (χ0n) is 11.8. The van der Waals surface area contributed by atoms with Crippen LogP contribution in [0.1, 0.15) is 18.4 Å². The van der Waals surface area contributed by atoms with E-state index in [4.69, 9.17) is 0 Å². The topological polar surface area (TPSA) is 50.4 Å². The normalized spacial score (nSPS) is 18.0. The number of amides is 1. The van der Waals surface area contributed by atoms with Crippen LogP contribution >= 0.6 is 0 Å². The monoisotopic (exact) mass is 298 g/mol. The van der Waals surface area contributed by atoms with Crippen LogP contribution in [0.25, 0.3) is 0 Å². The third kappa shape index (κ3) is 5.30. The maximum absolute atomic E-state index is 12.3. The summed E-state index contributed by atoms with van der Waals surface area (Å²) in [7, 11) is 0. The van der Waals surface area contributed by atoms with Crippen molar-refractivity contribution in [1.29, 1.82) is 0 Å². The fourth-order valence-electron chi connectivity index (χ4n) is 2.47. The maximum atomic E-state index is 12.3. The van der Waals surface area contributed by atoms with Gasteiger partial charge < -0.3 is 15.4 Å². The molecule has 1 heterocycles. The first kappa shape index (κ1) is 15.7. The van der Waals surface area contributed by atoms with E-state index in [0.29, 0.717) is 18.0 Å². The molecule has 1 atom stereocenters. The fourth-order valence-corrected chi connectivity index (χ4v) is 2.47. The largest absolute Gasteiger partial charge is 0.435 e. The molecule has 6 heteroatoms. The van der Waals surface area contributed by atoms with Crippen LogP contribution in [-0.2, 0) is 11.2 Å². The number of carbonyl (C=O) groups is 1. The van der Waals surface area contributed by atoms with Gasteiger partial charge in [-0.2, -0.15) is 8.78 Å². The summed E-state index contributed by atoms with van der Waals surface area (Å²) in [6.45, 7) is -0.231. The van der Waals surface area contributed by atoms with Crippen LogP contribution in [0.3, 0.4) is 0 Å². The molecule has 1 unspecified atom stereocenters. The van der Waals surface area contributed by atoms with Crippen LogP contribution in [0.2, 0.25) is 0 Å². The summed E-state index contributed by atoms with van der Waals surface area (Å²) in [5, 5.41) is 6.10. The summed E-state index contributed by atoms with van der Waals surface area (Å²) in [5.41, 5.74) is 0.470. The molecule has 1 fully saturated rings. The van der Waals surface area contributed by atoms with E-state index in [1.165, 1.54) is 6.07 Å². The van der Waals surface area contributed by atoms with E-state index in [1.807, 2.05) is 0 Å². The van der Waals surface area contributed by atoms with Crippen molar-refractivity contribution in [2.24, 2.45) is 5.92 Å². The number of nitrogens with one attached hydrogen (secondary N) is 2. The Labute approximate surface area is 122 Å². The Balaban J connectivity index is 1.78. The molecule has 0 bridgehead atoms. The highest BCUT2D eigenvalue weighted by molar-refractivity contribution is 5.79. The molecule has 1 aromatic rings. The molecular formula is C15H20F2N2O2. The van der Waals surface area contributed by atoms with Crippen molar-refractivity contribution in [1.82, 2.24) is 10.6 Å². The number of ether oxygens (including phenoxy) is 1. The van der Waals surface area contributed by atoms with Crippen molar-refractivity contribution in [2.75, 3.05) is 19.6 Å². The first-order chi connectivity index (χ1) is 10.1. The van der Waals surface area contributed by atoms with E-state index in [1.54, 1.807) is 18.2 Å². The molecule has 0 aliphatic carbocycles. The van der Waals surface area contributed by atoms with Crippen molar-refractivity contribution in [2.45, 2.75) is 25.9 Å². The van der Waals surface area contributed by atoms with E-state index in [2.05, 4.69) is 15.4 Å². The number of alkyl halides is 2. The predicted molar refractivity (Wildman–Crippen MR) is 75.4 cm³/mol. The van der Waals surface area contributed by atoms with Crippen molar-refractivity contribution >= 4 is 5.91 Å².